The number of hydrogen-bond acceptors (Lipinski definition) is 4. The molecular weight excluding hydrogens is 280 g/mol. The average molecular weight is 300 g/mol. The number of carbonyl (C=O) groups is 1. The lowest BCUT2D eigenvalue weighted by atomic mass is 10.1. The lowest BCUT2D eigenvalue weighted by molar-refractivity contribution is 0.154. The summed E-state index contributed by atoms with van der Waals surface area (Å²) in [5.74, 6) is 0.778. The van der Waals surface area contributed by atoms with Crippen molar-refractivity contribution in [3.63, 3.8) is 0 Å². The summed E-state index contributed by atoms with van der Waals surface area (Å²) in [6.07, 6.45) is 5.15. The van der Waals surface area contributed by atoms with Gasteiger partial charge in [0.25, 0.3) is 0 Å². The minimum atomic E-state index is -0.0171. The van der Waals surface area contributed by atoms with Crippen LogP contribution < -0.4 is 5.32 Å². The highest BCUT2D eigenvalue weighted by molar-refractivity contribution is 5.74. The normalized spacial score (nSPS) is 15.8. The van der Waals surface area contributed by atoms with Gasteiger partial charge in [-0.2, -0.15) is 0 Å². The Kier molecular flexibility index (Phi) is 4.39. The van der Waals surface area contributed by atoms with Gasteiger partial charge in [-0.05, 0) is 30.8 Å². The molecule has 6 heteroatoms. The molecule has 6 nitrogen and oxygen atoms in total. The van der Waals surface area contributed by atoms with E-state index in [0.29, 0.717) is 6.54 Å². The van der Waals surface area contributed by atoms with Crippen LogP contribution in [-0.4, -0.2) is 54.0 Å². The van der Waals surface area contributed by atoms with Crippen molar-refractivity contribution in [3.8, 4) is 11.3 Å². The first kappa shape index (κ1) is 14.6. The number of hydrogen-bond donors (Lipinski definition) is 1. The fourth-order valence-corrected chi connectivity index (χ4v) is 2.46. The fraction of sp³-hybridized carbons (Fsp3) is 0.375. The van der Waals surface area contributed by atoms with Crippen LogP contribution in [0.3, 0.4) is 0 Å². The number of aromatic nitrogens is 1. The lowest BCUT2D eigenvalue weighted by Gasteiger charge is -2.32. The second-order valence-electron chi connectivity index (χ2n) is 5.51. The number of piperazine rings is 1. The summed E-state index contributed by atoms with van der Waals surface area (Å²) in [6, 6.07) is 5.70. The van der Waals surface area contributed by atoms with E-state index >= 15 is 0 Å². The number of pyridine rings is 1. The maximum atomic E-state index is 12.1. The van der Waals surface area contributed by atoms with Gasteiger partial charge < -0.3 is 19.5 Å². The van der Waals surface area contributed by atoms with Gasteiger partial charge in [0, 0.05) is 50.7 Å². The molecule has 3 rings (SSSR count). The van der Waals surface area contributed by atoms with Gasteiger partial charge in [-0.1, -0.05) is 0 Å². The van der Waals surface area contributed by atoms with Crippen molar-refractivity contribution < 1.29 is 9.21 Å². The van der Waals surface area contributed by atoms with Crippen LogP contribution >= 0.6 is 0 Å². The summed E-state index contributed by atoms with van der Waals surface area (Å²) in [7, 11) is 2.07. The second kappa shape index (κ2) is 6.62. The molecule has 0 atom stereocenters. The predicted octanol–water partition coefficient (Wildman–Crippen LogP) is 1.80. The molecule has 0 radical (unpaired) electrons. The van der Waals surface area contributed by atoms with Crippen molar-refractivity contribution in [1.29, 1.82) is 0 Å². The molecule has 0 spiro atoms. The van der Waals surface area contributed by atoms with E-state index in [1.165, 1.54) is 0 Å². The number of nitrogens with one attached hydrogen (secondary N) is 1. The van der Waals surface area contributed by atoms with Gasteiger partial charge in [0.15, 0.2) is 0 Å². The first-order valence-electron chi connectivity index (χ1n) is 7.41. The van der Waals surface area contributed by atoms with E-state index < -0.39 is 0 Å². The number of urea groups is 1. The third-order valence-electron chi connectivity index (χ3n) is 3.83. The molecule has 0 aliphatic carbocycles. The highest BCUT2D eigenvalue weighted by Crippen LogP contribution is 2.19. The van der Waals surface area contributed by atoms with Gasteiger partial charge in [-0.25, -0.2) is 4.79 Å². The maximum Gasteiger partial charge on any atom is 0.317 e. The van der Waals surface area contributed by atoms with Gasteiger partial charge in [-0.15, -0.1) is 0 Å². The molecular formula is C16H20N4O2. The molecule has 116 valence electrons. The summed E-state index contributed by atoms with van der Waals surface area (Å²) in [5, 5.41) is 2.95. The number of carbonyl (C=O) groups excluding carboxylic acids is 1. The van der Waals surface area contributed by atoms with E-state index in [-0.39, 0.29) is 6.03 Å². The van der Waals surface area contributed by atoms with Crippen LogP contribution in [0.1, 0.15) is 5.56 Å². The fourth-order valence-electron chi connectivity index (χ4n) is 2.46. The zero-order chi connectivity index (χ0) is 15.4. The molecule has 0 bridgehead atoms. The number of nitrogens with zero attached hydrogens (tertiary/aromatic N) is 3. The topological polar surface area (TPSA) is 61.6 Å². The van der Waals surface area contributed by atoms with Crippen LogP contribution in [0.5, 0.6) is 0 Å². The van der Waals surface area contributed by atoms with Crippen molar-refractivity contribution in [1.82, 2.24) is 20.1 Å². The Morgan fingerprint density at radius 1 is 1.32 bits per heavy atom. The molecule has 1 aliphatic heterocycles. The van der Waals surface area contributed by atoms with E-state index in [4.69, 9.17) is 4.42 Å². The maximum absolute atomic E-state index is 12.1. The summed E-state index contributed by atoms with van der Waals surface area (Å²) in [4.78, 5) is 20.4. The number of rotatable bonds is 3. The van der Waals surface area contributed by atoms with Crippen LogP contribution in [0, 0.1) is 0 Å². The standard InChI is InChI=1S/C16H20N4O2/c1-19-4-6-20(7-5-19)16(21)18-11-13-9-14(12-17-10-13)15-3-2-8-22-15/h2-3,8-10,12H,4-7,11H2,1H3,(H,18,21). The molecule has 22 heavy (non-hydrogen) atoms. The van der Waals surface area contributed by atoms with E-state index in [9.17, 15) is 4.79 Å². The van der Waals surface area contributed by atoms with Gasteiger partial charge in [0.1, 0.15) is 5.76 Å². The first-order valence-corrected chi connectivity index (χ1v) is 7.41. The molecule has 0 aromatic carbocycles. The summed E-state index contributed by atoms with van der Waals surface area (Å²) in [5.41, 5.74) is 1.87. The van der Waals surface area contributed by atoms with Gasteiger partial charge in [0.2, 0.25) is 0 Å². The van der Waals surface area contributed by atoms with Crippen LogP contribution in [0.25, 0.3) is 11.3 Å². The van der Waals surface area contributed by atoms with Crippen molar-refractivity contribution >= 4 is 6.03 Å². The summed E-state index contributed by atoms with van der Waals surface area (Å²) < 4.78 is 5.37. The number of amides is 2. The number of furan rings is 1. The summed E-state index contributed by atoms with van der Waals surface area (Å²) in [6.45, 7) is 3.85. The van der Waals surface area contributed by atoms with Crippen molar-refractivity contribution in [2.24, 2.45) is 0 Å². The Morgan fingerprint density at radius 2 is 2.14 bits per heavy atom. The molecule has 1 N–H and O–H groups in total. The van der Waals surface area contributed by atoms with Gasteiger partial charge >= 0.3 is 6.03 Å². The van der Waals surface area contributed by atoms with Crippen molar-refractivity contribution in [3.05, 3.63) is 42.4 Å². The predicted molar refractivity (Wildman–Crippen MR) is 83.2 cm³/mol. The minimum Gasteiger partial charge on any atom is -0.464 e. The minimum absolute atomic E-state index is 0.0171. The Morgan fingerprint density at radius 3 is 2.86 bits per heavy atom. The number of likely N-dealkylation sites (N-methyl/N-ethyl adjacent to an activating group) is 1. The molecule has 2 aromatic heterocycles. The highest BCUT2D eigenvalue weighted by Gasteiger charge is 2.18. The quantitative estimate of drug-likeness (QED) is 0.939. The largest absolute Gasteiger partial charge is 0.464 e. The monoisotopic (exact) mass is 300 g/mol. The van der Waals surface area contributed by atoms with Crippen LogP contribution in [-0.2, 0) is 6.54 Å². The van der Waals surface area contributed by atoms with E-state index in [1.54, 1.807) is 18.7 Å². The highest BCUT2D eigenvalue weighted by atomic mass is 16.3. The van der Waals surface area contributed by atoms with E-state index in [2.05, 4.69) is 22.2 Å². The Balaban J connectivity index is 1.57. The molecule has 1 aliphatic rings. The smallest absolute Gasteiger partial charge is 0.317 e. The summed E-state index contributed by atoms with van der Waals surface area (Å²) >= 11 is 0. The van der Waals surface area contributed by atoms with Crippen molar-refractivity contribution in [2.45, 2.75) is 6.54 Å². The SMILES string of the molecule is CN1CCN(C(=O)NCc2cncc(-c3ccco3)c2)CC1. The molecule has 3 heterocycles. The first-order chi connectivity index (χ1) is 10.7. The van der Waals surface area contributed by atoms with Crippen LogP contribution in [0.15, 0.2) is 41.3 Å². The van der Waals surface area contributed by atoms with Gasteiger partial charge in [-0.3, -0.25) is 4.98 Å². The van der Waals surface area contributed by atoms with Gasteiger partial charge in [0.05, 0.1) is 6.26 Å². The zero-order valence-corrected chi connectivity index (χ0v) is 12.7. The van der Waals surface area contributed by atoms with Crippen LogP contribution in [0.4, 0.5) is 4.79 Å². The Hall–Kier alpha value is -2.34. The molecule has 1 saturated heterocycles. The van der Waals surface area contributed by atoms with E-state index in [0.717, 1.165) is 43.1 Å². The molecule has 1 fully saturated rings. The van der Waals surface area contributed by atoms with Crippen molar-refractivity contribution in [2.75, 3.05) is 33.2 Å². The van der Waals surface area contributed by atoms with Crippen LogP contribution in [0.2, 0.25) is 0 Å². The third kappa shape index (κ3) is 3.46. The molecule has 2 aromatic rings. The Labute approximate surface area is 129 Å². The average Bonchev–Trinajstić information content (AvgIpc) is 3.08. The Bertz CT molecular complexity index is 619. The lowest BCUT2D eigenvalue weighted by Crippen LogP contribution is -2.50. The second-order valence-corrected chi connectivity index (χ2v) is 5.51. The zero-order valence-electron chi connectivity index (χ0n) is 12.7. The molecule has 2 amide bonds. The third-order valence-corrected chi connectivity index (χ3v) is 3.83. The molecule has 0 saturated carbocycles. The molecule has 0 unspecified atom stereocenters. The van der Waals surface area contributed by atoms with E-state index in [1.807, 2.05) is 23.1 Å².